The normalized spacial score (nSPS) is 20.5. The highest BCUT2D eigenvalue weighted by atomic mass is 19.4. The van der Waals surface area contributed by atoms with E-state index in [1.807, 2.05) is 4.90 Å². The molecule has 0 bridgehead atoms. The smallest absolute Gasteiger partial charge is 0.399 e. The summed E-state index contributed by atoms with van der Waals surface area (Å²) in [6, 6.07) is 4.05. The van der Waals surface area contributed by atoms with Crippen molar-refractivity contribution in [2.45, 2.75) is 33.4 Å². The second-order valence-electron chi connectivity index (χ2n) is 6.57. The fraction of sp³-hybridized carbons (Fsp3) is 0.600. The first-order valence-corrected chi connectivity index (χ1v) is 6.80. The molecule has 20 heavy (non-hydrogen) atoms. The molecule has 2 rings (SSSR count). The minimum absolute atomic E-state index is 0.112. The molecule has 0 spiro atoms. The Labute approximate surface area is 117 Å². The lowest BCUT2D eigenvalue weighted by atomic mass is 9.80. The van der Waals surface area contributed by atoms with Crippen molar-refractivity contribution in [2.75, 3.05) is 23.7 Å². The van der Waals surface area contributed by atoms with E-state index in [-0.39, 0.29) is 16.8 Å². The van der Waals surface area contributed by atoms with Gasteiger partial charge in [-0.05, 0) is 36.0 Å². The van der Waals surface area contributed by atoms with Crippen LogP contribution in [-0.4, -0.2) is 13.1 Å². The van der Waals surface area contributed by atoms with Crippen molar-refractivity contribution in [1.29, 1.82) is 0 Å². The van der Waals surface area contributed by atoms with E-state index in [9.17, 15) is 13.2 Å². The zero-order valence-corrected chi connectivity index (χ0v) is 12.1. The third kappa shape index (κ3) is 3.02. The summed E-state index contributed by atoms with van der Waals surface area (Å²) >= 11 is 0. The van der Waals surface area contributed by atoms with Crippen LogP contribution in [0.4, 0.5) is 24.5 Å². The number of hydrogen-bond donors (Lipinski definition) is 1. The van der Waals surface area contributed by atoms with Crippen LogP contribution in [-0.2, 0) is 6.18 Å². The van der Waals surface area contributed by atoms with Crippen LogP contribution in [0.2, 0.25) is 0 Å². The summed E-state index contributed by atoms with van der Waals surface area (Å²) in [5, 5.41) is 0. The fourth-order valence-electron chi connectivity index (χ4n) is 2.74. The van der Waals surface area contributed by atoms with Crippen LogP contribution in [0.25, 0.3) is 0 Å². The van der Waals surface area contributed by atoms with E-state index in [1.165, 1.54) is 12.1 Å². The van der Waals surface area contributed by atoms with Gasteiger partial charge in [0.1, 0.15) is 0 Å². The van der Waals surface area contributed by atoms with Crippen LogP contribution in [0.3, 0.4) is 0 Å². The minimum Gasteiger partial charge on any atom is -0.399 e. The van der Waals surface area contributed by atoms with E-state index < -0.39 is 11.7 Å². The third-order valence-corrected chi connectivity index (χ3v) is 4.08. The highest BCUT2D eigenvalue weighted by Gasteiger charge is 2.38. The maximum Gasteiger partial charge on any atom is 0.418 e. The van der Waals surface area contributed by atoms with Gasteiger partial charge in [0.15, 0.2) is 0 Å². The van der Waals surface area contributed by atoms with Crippen LogP contribution in [0.1, 0.15) is 32.8 Å². The number of nitrogens with two attached hydrogens (primary N) is 1. The Kier molecular flexibility index (Phi) is 3.65. The van der Waals surface area contributed by atoms with Crippen molar-refractivity contribution < 1.29 is 13.2 Å². The molecule has 1 aliphatic heterocycles. The molecule has 2 nitrogen and oxygen atoms in total. The van der Waals surface area contributed by atoms with Gasteiger partial charge in [0, 0.05) is 24.5 Å². The number of alkyl halides is 3. The van der Waals surface area contributed by atoms with Gasteiger partial charge in [0.05, 0.1) is 5.56 Å². The molecule has 1 aromatic rings. The molecule has 0 amide bonds. The van der Waals surface area contributed by atoms with E-state index in [4.69, 9.17) is 5.73 Å². The fourth-order valence-corrected chi connectivity index (χ4v) is 2.74. The Balaban J connectivity index is 2.31. The number of benzene rings is 1. The van der Waals surface area contributed by atoms with E-state index in [0.717, 1.165) is 12.5 Å². The summed E-state index contributed by atoms with van der Waals surface area (Å²) in [5.74, 6) is 0.404. The highest BCUT2D eigenvalue weighted by Crippen LogP contribution is 2.41. The molecule has 1 atom stereocenters. The van der Waals surface area contributed by atoms with E-state index in [1.54, 1.807) is 0 Å². The predicted octanol–water partition coefficient (Wildman–Crippen LogP) is 4.16. The Morgan fingerprint density at radius 1 is 1.20 bits per heavy atom. The standard InChI is InChI=1S/C15H21F3N2/c1-14(2,3)10-6-7-20(9-10)13-5-4-11(19)8-12(13)15(16,17)18/h4-5,8,10H,6-7,9,19H2,1-3H3. The molecular weight excluding hydrogens is 265 g/mol. The van der Waals surface area contributed by atoms with Crippen molar-refractivity contribution in [3.05, 3.63) is 23.8 Å². The summed E-state index contributed by atoms with van der Waals surface area (Å²) in [7, 11) is 0. The molecule has 0 saturated carbocycles. The average molecular weight is 286 g/mol. The van der Waals surface area contributed by atoms with E-state index >= 15 is 0 Å². The molecular formula is C15H21F3N2. The molecule has 0 aromatic heterocycles. The quantitative estimate of drug-likeness (QED) is 0.785. The van der Waals surface area contributed by atoms with E-state index in [0.29, 0.717) is 19.0 Å². The van der Waals surface area contributed by atoms with Crippen molar-refractivity contribution in [3.63, 3.8) is 0 Å². The van der Waals surface area contributed by atoms with Crippen molar-refractivity contribution in [3.8, 4) is 0 Å². The summed E-state index contributed by atoms with van der Waals surface area (Å²) in [6.07, 6.45) is -3.45. The Bertz CT molecular complexity index is 489. The molecule has 1 heterocycles. The van der Waals surface area contributed by atoms with Gasteiger partial charge in [-0.3, -0.25) is 0 Å². The van der Waals surface area contributed by atoms with Gasteiger partial charge < -0.3 is 10.6 Å². The lowest BCUT2D eigenvalue weighted by Crippen LogP contribution is -2.27. The van der Waals surface area contributed by atoms with Crippen LogP contribution in [0.5, 0.6) is 0 Å². The van der Waals surface area contributed by atoms with Crippen LogP contribution in [0.15, 0.2) is 18.2 Å². The highest BCUT2D eigenvalue weighted by molar-refractivity contribution is 5.61. The second-order valence-corrected chi connectivity index (χ2v) is 6.57. The molecule has 1 aromatic carbocycles. The van der Waals surface area contributed by atoms with Gasteiger partial charge in [-0.1, -0.05) is 20.8 Å². The summed E-state index contributed by atoms with van der Waals surface area (Å²) in [5.41, 5.74) is 5.38. The third-order valence-electron chi connectivity index (χ3n) is 4.08. The average Bonchev–Trinajstić information content (AvgIpc) is 2.76. The van der Waals surface area contributed by atoms with Gasteiger partial charge in [-0.2, -0.15) is 13.2 Å². The van der Waals surface area contributed by atoms with E-state index in [2.05, 4.69) is 20.8 Å². The molecule has 0 radical (unpaired) electrons. The molecule has 1 unspecified atom stereocenters. The monoisotopic (exact) mass is 286 g/mol. The topological polar surface area (TPSA) is 29.3 Å². The Morgan fingerprint density at radius 2 is 1.85 bits per heavy atom. The largest absolute Gasteiger partial charge is 0.418 e. The molecule has 1 aliphatic rings. The second kappa shape index (κ2) is 4.86. The van der Waals surface area contributed by atoms with Gasteiger partial charge in [0.25, 0.3) is 0 Å². The molecule has 112 valence electrons. The summed E-state index contributed by atoms with van der Waals surface area (Å²) < 4.78 is 39.4. The van der Waals surface area contributed by atoms with Crippen molar-refractivity contribution in [2.24, 2.45) is 11.3 Å². The first-order chi connectivity index (χ1) is 9.09. The van der Waals surface area contributed by atoms with Gasteiger partial charge in [-0.25, -0.2) is 0 Å². The molecule has 1 fully saturated rings. The lowest BCUT2D eigenvalue weighted by Gasteiger charge is -2.28. The maximum absolute atomic E-state index is 13.1. The van der Waals surface area contributed by atoms with Crippen molar-refractivity contribution >= 4 is 11.4 Å². The molecule has 5 heteroatoms. The van der Waals surface area contributed by atoms with Crippen LogP contribution >= 0.6 is 0 Å². The number of halogens is 3. The van der Waals surface area contributed by atoms with Crippen LogP contribution in [0, 0.1) is 11.3 Å². The predicted molar refractivity (Wildman–Crippen MR) is 75.6 cm³/mol. The molecule has 1 saturated heterocycles. The number of anilines is 2. The summed E-state index contributed by atoms with van der Waals surface area (Å²) in [4.78, 5) is 1.83. The first kappa shape index (κ1) is 15.0. The van der Waals surface area contributed by atoms with Gasteiger partial charge >= 0.3 is 6.18 Å². The zero-order chi connectivity index (χ0) is 15.1. The number of rotatable bonds is 1. The van der Waals surface area contributed by atoms with Gasteiger partial charge in [-0.15, -0.1) is 0 Å². The maximum atomic E-state index is 13.1. The molecule has 2 N–H and O–H groups in total. The Hall–Kier alpha value is -1.39. The number of nitrogens with zero attached hydrogens (tertiary/aromatic N) is 1. The first-order valence-electron chi connectivity index (χ1n) is 6.80. The minimum atomic E-state index is -4.37. The molecule has 0 aliphatic carbocycles. The SMILES string of the molecule is CC(C)(C)C1CCN(c2ccc(N)cc2C(F)(F)F)C1. The van der Waals surface area contributed by atoms with Gasteiger partial charge in [0.2, 0.25) is 0 Å². The Morgan fingerprint density at radius 3 is 2.35 bits per heavy atom. The summed E-state index contributed by atoms with van der Waals surface area (Å²) in [6.45, 7) is 7.73. The van der Waals surface area contributed by atoms with Crippen LogP contribution < -0.4 is 10.6 Å². The number of hydrogen-bond acceptors (Lipinski definition) is 2. The number of nitrogen functional groups attached to an aromatic ring is 1. The zero-order valence-electron chi connectivity index (χ0n) is 12.1. The van der Waals surface area contributed by atoms with Crippen molar-refractivity contribution in [1.82, 2.24) is 0 Å². The lowest BCUT2D eigenvalue weighted by molar-refractivity contribution is -0.137.